The number of hydrogen-bond donors (Lipinski definition) is 0. The summed E-state index contributed by atoms with van der Waals surface area (Å²) in [6, 6.07) is 11.5. The van der Waals surface area contributed by atoms with Gasteiger partial charge in [0.2, 0.25) is 0 Å². The van der Waals surface area contributed by atoms with Crippen LogP contribution in [0, 0.1) is 19.3 Å². The summed E-state index contributed by atoms with van der Waals surface area (Å²) < 4.78 is 8.46. The quantitative estimate of drug-likeness (QED) is 0.664. The van der Waals surface area contributed by atoms with Crippen molar-refractivity contribution in [1.29, 1.82) is 0 Å². The van der Waals surface area contributed by atoms with Gasteiger partial charge in [0.05, 0.1) is 5.69 Å². The zero-order chi connectivity index (χ0) is 18.7. The molecule has 0 aliphatic rings. The number of hydrogen-bond acceptors (Lipinski definition) is 4. The van der Waals surface area contributed by atoms with E-state index in [0.717, 1.165) is 23.3 Å². The van der Waals surface area contributed by atoms with Crippen LogP contribution in [-0.2, 0) is 20.1 Å². The Labute approximate surface area is 152 Å². The topological polar surface area (TPSA) is 61.9 Å². The summed E-state index contributed by atoms with van der Waals surface area (Å²) >= 11 is 0. The summed E-state index contributed by atoms with van der Waals surface area (Å²) in [7, 11) is 1.55. The molecule has 0 atom stereocenters. The van der Waals surface area contributed by atoms with E-state index in [2.05, 4.69) is 36.3 Å². The van der Waals surface area contributed by atoms with Crippen LogP contribution in [-0.4, -0.2) is 19.8 Å². The third kappa shape index (κ3) is 3.24. The van der Waals surface area contributed by atoms with Gasteiger partial charge in [0.15, 0.2) is 0 Å². The fourth-order valence-corrected chi connectivity index (χ4v) is 2.80. The van der Waals surface area contributed by atoms with Crippen molar-refractivity contribution in [3.8, 4) is 23.8 Å². The highest BCUT2D eigenvalue weighted by molar-refractivity contribution is 5.51. The van der Waals surface area contributed by atoms with Gasteiger partial charge in [0.25, 0.3) is 0 Å². The molecule has 0 N–H and O–H groups in total. The number of terminal acetylenes is 1. The summed E-state index contributed by atoms with van der Waals surface area (Å²) in [5, 5.41) is 7.68. The van der Waals surface area contributed by atoms with Gasteiger partial charge in [0.1, 0.15) is 12.4 Å². The molecule has 0 unspecified atom stereocenters. The van der Waals surface area contributed by atoms with Crippen LogP contribution in [0.5, 0.6) is 5.75 Å². The fraction of sp³-hybridized carbons (Fsp3) is 0.250. The second-order valence-corrected chi connectivity index (χ2v) is 6.00. The maximum Gasteiger partial charge on any atom is 0.368 e. The molecule has 3 rings (SSSR count). The average molecular weight is 348 g/mol. The van der Waals surface area contributed by atoms with Gasteiger partial charge >= 0.3 is 5.69 Å². The summed E-state index contributed by atoms with van der Waals surface area (Å²) in [4.78, 5) is 12.2. The van der Waals surface area contributed by atoms with E-state index in [1.165, 1.54) is 14.9 Å². The van der Waals surface area contributed by atoms with Crippen molar-refractivity contribution < 1.29 is 4.74 Å². The molecular formula is C20H20N4O2. The highest BCUT2D eigenvalue weighted by Crippen LogP contribution is 2.24. The Morgan fingerprint density at radius 3 is 2.69 bits per heavy atom. The van der Waals surface area contributed by atoms with Gasteiger partial charge in [0, 0.05) is 18.2 Å². The lowest BCUT2D eigenvalue weighted by molar-refractivity contribution is 0.302. The van der Waals surface area contributed by atoms with Gasteiger partial charge in [-0.15, -0.1) is 6.42 Å². The Hall–Kier alpha value is -3.33. The fourth-order valence-electron chi connectivity index (χ4n) is 2.80. The molecule has 6 heteroatoms. The van der Waals surface area contributed by atoms with Gasteiger partial charge in [-0.1, -0.05) is 36.6 Å². The van der Waals surface area contributed by atoms with Crippen LogP contribution in [0.1, 0.15) is 29.2 Å². The molecule has 0 saturated heterocycles. The van der Waals surface area contributed by atoms with Crippen molar-refractivity contribution >= 4 is 0 Å². The van der Waals surface area contributed by atoms with Gasteiger partial charge in [-0.05, 0) is 47.5 Å². The van der Waals surface area contributed by atoms with Crippen molar-refractivity contribution in [2.24, 2.45) is 7.05 Å². The number of aryl methyl sites for hydroxylation is 3. The van der Waals surface area contributed by atoms with Crippen LogP contribution in [0.4, 0.5) is 0 Å². The molecule has 0 spiro atoms. The zero-order valence-corrected chi connectivity index (χ0v) is 15.1. The number of aromatic nitrogens is 4. The first-order valence-corrected chi connectivity index (χ1v) is 8.35. The predicted octanol–water partition coefficient (Wildman–Crippen LogP) is 2.40. The maximum atomic E-state index is 12.2. The Balaban J connectivity index is 2.01. The number of nitrogens with zero attached hydrogens (tertiary/aromatic N) is 4. The minimum absolute atomic E-state index is 0.231. The molecule has 1 heterocycles. The third-order valence-electron chi connectivity index (χ3n) is 4.23. The van der Waals surface area contributed by atoms with Crippen LogP contribution in [0.25, 0.3) is 5.69 Å². The van der Waals surface area contributed by atoms with E-state index in [9.17, 15) is 4.79 Å². The summed E-state index contributed by atoms with van der Waals surface area (Å²) in [5.74, 6) is 3.46. The van der Waals surface area contributed by atoms with E-state index in [-0.39, 0.29) is 12.3 Å². The van der Waals surface area contributed by atoms with Gasteiger partial charge in [-0.3, -0.25) is 0 Å². The molecule has 132 valence electrons. The molecule has 0 fully saturated rings. The number of ether oxygens (including phenoxy) is 1. The Morgan fingerprint density at radius 2 is 2.04 bits per heavy atom. The maximum absolute atomic E-state index is 12.2. The van der Waals surface area contributed by atoms with Crippen LogP contribution in [0.15, 0.2) is 41.2 Å². The third-order valence-corrected chi connectivity index (χ3v) is 4.23. The van der Waals surface area contributed by atoms with Crippen LogP contribution in [0.3, 0.4) is 0 Å². The van der Waals surface area contributed by atoms with Crippen molar-refractivity contribution in [2.45, 2.75) is 26.9 Å². The molecule has 0 saturated carbocycles. The van der Waals surface area contributed by atoms with Gasteiger partial charge in [-0.2, -0.15) is 9.36 Å². The van der Waals surface area contributed by atoms with Crippen LogP contribution >= 0.6 is 0 Å². The molecular weight excluding hydrogens is 328 g/mol. The van der Waals surface area contributed by atoms with Gasteiger partial charge < -0.3 is 4.74 Å². The molecule has 0 bridgehead atoms. The van der Waals surface area contributed by atoms with E-state index in [4.69, 9.17) is 11.2 Å². The predicted molar refractivity (Wildman–Crippen MR) is 99.4 cm³/mol. The first-order valence-electron chi connectivity index (χ1n) is 8.35. The smallest absolute Gasteiger partial charge is 0.368 e. The first-order chi connectivity index (χ1) is 12.5. The lowest BCUT2D eigenvalue weighted by Gasteiger charge is -2.14. The Kier molecular flexibility index (Phi) is 4.90. The van der Waals surface area contributed by atoms with E-state index < -0.39 is 0 Å². The molecule has 0 aliphatic heterocycles. The second kappa shape index (κ2) is 7.28. The number of tetrazole rings is 1. The van der Waals surface area contributed by atoms with Crippen molar-refractivity contribution in [1.82, 2.24) is 19.8 Å². The largest absolute Gasteiger partial charge is 0.488 e. The van der Waals surface area contributed by atoms with Gasteiger partial charge in [-0.25, -0.2) is 4.79 Å². The highest BCUT2D eigenvalue weighted by atomic mass is 16.5. The SMILES string of the molecule is C#Cc1cccc(-n2nnn(C)c2=O)c1COc1ccc(C)cc1CC. The molecule has 26 heavy (non-hydrogen) atoms. The Bertz CT molecular complexity index is 1040. The zero-order valence-electron chi connectivity index (χ0n) is 15.1. The van der Waals surface area contributed by atoms with E-state index >= 15 is 0 Å². The van der Waals surface area contributed by atoms with Crippen molar-refractivity contribution in [2.75, 3.05) is 0 Å². The van der Waals surface area contributed by atoms with E-state index in [1.807, 2.05) is 18.2 Å². The first kappa shape index (κ1) is 17.5. The Morgan fingerprint density at radius 1 is 1.23 bits per heavy atom. The minimum atomic E-state index is -0.343. The van der Waals surface area contributed by atoms with E-state index in [0.29, 0.717) is 11.3 Å². The second-order valence-electron chi connectivity index (χ2n) is 6.00. The van der Waals surface area contributed by atoms with Crippen molar-refractivity contribution in [3.63, 3.8) is 0 Å². The normalized spacial score (nSPS) is 10.5. The minimum Gasteiger partial charge on any atom is -0.488 e. The molecule has 6 nitrogen and oxygen atoms in total. The average Bonchev–Trinajstić information content (AvgIpc) is 2.99. The summed E-state index contributed by atoms with van der Waals surface area (Å²) in [5.41, 5.74) is 3.92. The molecule has 0 aliphatic carbocycles. The number of rotatable bonds is 5. The lowest BCUT2D eigenvalue weighted by Crippen LogP contribution is -2.23. The molecule has 1 aromatic heterocycles. The molecule has 3 aromatic rings. The summed E-state index contributed by atoms with van der Waals surface area (Å²) in [6.07, 6.45) is 6.52. The van der Waals surface area contributed by atoms with Crippen LogP contribution in [0.2, 0.25) is 0 Å². The monoisotopic (exact) mass is 348 g/mol. The standard InChI is InChI=1S/C20H20N4O2/c1-5-15-8-7-9-18(24-20(25)23(4)21-22-24)17(15)13-26-19-11-10-14(3)12-16(19)6-2/h1,7-12H,6,13H2,2-4H3. The highest BCUT2D eigenvalue weighted by Gasteiger charge is 2.15. The molecule has 0 amide bonds. The number of benzene rings is 2. The molecule has 0 radical (unpaired) electrons. The van der Waals surface area contributed by atoms with Crippen molar-refractivity contribution in [3.05, 3.63) is 69.1 Å². The summed E-state index contributed by atoms with van der Waals surface area (Å²) in [6.45, 7) is 4.37. The molecule has 2 aromatic carbocycles. The van der Waals surface area contributed by atoms with Crippen LogP contribution < -0.4 is 10.4 Å². The van der Waals surface area contributed by atoms with E-state index in [1.54, 1.807) is 19.2 Å². The lowest BCUT2D eigenvalue weighted by atomic mass is 10.1.